The molecule has 1 N–H and O–H groups in total. The van der Waals surface area contributed by atoms with Crippen molar-refractivity contribution in [3.8, 4) is 0 Å². The molecule has 3 rings (SSSR count). The molecule has 26 heavy (non-hydrogen) atoms. The first kappa shape index (κ1) is 18.2. The molecule has 0 unspecified atom stereocenters. The van der Waals surface area contributed by atoms with Gasteiger partial charge in [0, 0.05) is 13.1 Å². The summed E-state index contributed by atoms with van der Waals surface area (Å²) >= 11 is 0. The van der Waals surface area contributed by atoms with E-state index >= 15 is 0 Å². The van der Waals surface area contributed by atoms with Gasteiger partial charge in [0.15, 0.2) is 0 Å². The van der Waals surface area contributed by atoms with E-state index in [9.17, 15) is 9.59 Å². The van der Waals surface area contributed by atoms with Gasteiger partial charge in [-0.3, -0.25) is 9.59 Å². The number of benzene rings is 2. The van der Waals surface area contributed by atoms with Crippen molar-refractivity contribution in [3.05, 3.63) is 70.8 Å². The molecule has 136 valence electrons. The van der Waals surface area contributed by atoms with Gasteiger partial charge in [-0.05, 0) is 30.0 Å². The number of nitrogens with zero attached hydrogens (tertiary/aromatic N) is 1. The topological polar surface area (TPSA) is 49.4 Å². The predicted octanol–water partition coefficient (Wildman–Crippen LogP) is 3.54. The number of fused-ring (bicyclic) bond motifs is 1. The first-order valence-electron chi connectivity index (χ1n) is 9.30. The Morgan fingerprint density at radius 1 is 1.15 bits per heavy atom. The first-order valence-corrected chi connectivity index (χ1v) is 9.30. The lowest BCUT2D eigenvalue weighted by Gasteiger charge is -2.36. The third-order valence-electron chi connectivity index (χ3n) is 4.91. The summed E-state index contributed by atoms with van der Waals surface area (Å²) in [5.74, 6) is -0.0742. The summed E-state index contributed by atoms with van der Waals surface area (Å²) in [5, 5.41) is 3.02. The lowest BCUT2D eigenvalue weighted by molar-refractivity contribution is -0.141. The largest absolute Gasteiger partial charge is 0.350 e. The SMILES string of the molecule is CCCCN1C(=O)Cc2ccccc2[C@@H]1C(=O)NCc1ccc(C)cc1. The summed E-state index contributed by atoms with van der Waals surface area (Å²) in [6.07, 6.45) is 2.26. The van der Waals surface area contributed by atoms with Crippen molar-refractivity contribution in [2.45, 2.75) is 45.7 Å². The van der Waals surface area contributed by atoms with E-state index in [2.05, 4.69) is 12.2 Å². The molecular formula is C22H26N2O2. The van der Waals surface area contributed by atoms with Crippen LogP contribution >= 0.6 is 0 Å². The number of hydrogen-bond acceptors (Lipinski definition) is 2. The molecule has 0 saturated carbocycles. The van der Waals surface area contributed by atoms with E-state index in [0.717, 1.165) is 29.5 Å². The zero-order valence-electron chi connectivity index (χ0n) is 15.5. The fourth-order valence-electron chi connectivity index (χ4n) is 3.40. The number of nitrogens with one attached hydrogen (secondary N) is 1. The van der Waals surface area contributed by atoms with Crippen LogP contribution in [0.5, 0.6) is 0 Å². The van der Waals surface area contributed by atoms with Crippen LogP contribution in [0.3, 0.4) is 0 Å². The molecule has 4 heteroatoms. The molecule has 0 saturated heterocycles. The van der Waals surface area contributed by atoms with Crippen molar-refractivity contribution in [1.29, 1.82) is 0 Å². The summed E-state index contributed by atoms with van der Waals surface area (Å²) in [7, 11) is 0. The van der Waals surface area contributed by atoms with Crippen LogP contribution in [0.15, 0.2) is 48.5 Å². The highest BCUT2D eigenvalue weighted by Gasteiger charge is 2.36. The summed E-state index contributed by atoms with van der Waals surface area (Å²) in [6.45, 7) is 5.22. The van der Waals surface area contributed by atoms with Crippen molar-refractivity contribution >= 4 is 11.8 Å². The highest BCUT2D eigenvalue weighted by Crippen LogP contribution is 2.31. The van der Waals surface area contributed by atoms with Gasteiger partial charge in [-0.15, -0.1) is 0 Å². The number of aryl methyl sites for hydroxylation is 1. The quantitative estimate of drug-likeness (QED) is 0.866. The average molecular weight is 350 g/mol. The van der Waals surface area contributed by atoms with Crippen LogP contribution in [0.4, 0.5) is 0 Å². The van der Waals surface area contributed by atoms with Gasteiger partial charge < -0.3 is 10.2 Å². The molecule has 2 aromatic rings. The van der Waals surface area contributed by atoms with Crippen molar-refractivity contribution in [1.82, 2.24) is 10.2 Å². The van der Waals surface area contributed by atoms with Gasteiger partial charge in [-0.25, -0.2) is 0 Å². The first-order chi connectivity index (χ1) is 12.6. The predicted molar refractivity (Wildman–Crippen MR) is 103 cm³/mol. The van der Waals surface area contributed by atoms with E-state index in [4.69, 9.17) is 0 Å². The molecule has 1 aliphatic heterocycles. The normalized spacial score (nSPS) is 16.3. The van der Waals surface area contributed by atoms with Gasteiger partial charge in [-0.1, -0.05) is 67.4 Å². The molecule has 0 bridgehead atoms. The number of unbranched alkanes of at least 4 members (excludes halogenated alkanes) is 1. The molecule has 1 heterocycles. The number of amides is 2. The van der Waals surface area contributed by atoms with Crippen molar-refractivity contribution in [3.63, 3.8) is 0 Å². The summed E-state index contributed by atoms with van der Waals surface area (Å²) in [6, 6.07) is 15.4. The summed E-state index contributed by atoms with van der Waals surface area (Å²) < 4.78 is 0. The van der Waals surface area contributed by atoms with Gasteiger partial charge in [0.1, 0.15) is 6.04 Å². The molecule has 1 aliphatic rings. The minimum absolute atomic E-state index is 0.0348. The summed E-state index contributed by atoms with van der Waals surface area (Å²) in [5.41, 5.74) is 4.16. The molecule has 0 fully saturated rings. The fraction of sp³-hybridized carbons (Fsp3) is 0.364. The van der Waals surface area contributed by atoms with Crippen molar-refractivity contribution in [2.24, 2.45) is 0 Å². The molecule has 2 aromatic carbocycles. The monoisotopic (exact) mass is 350 g/mol. The Kier molecular flexibility index (Phi) is 5.71. The fourth-order valence-corrected chi connectivity index (χ4v) is 3.40. The Morgan fingerprint density at radius 3 is 2.62 bits per heavy atom. The van der Waals surface area contributed by atoms with Crippen molar-refractivity contribution < 1.29 is 9.59 Å². The number of hydrogen-bond donors (Lipinski definition) is 1. The second kappa shape index (κ2) is 8.17. The summed E-state index contributed by atoms with van der Waals surface area (Å²) in [4.78, 5) is 27.4. The van der Waals surface area contributed by atoms with Gasteiger partial charge in [0.05, 0.1) is 6.42 Å². The Labute approximate surface area is 155 Å². The molecule has 0 radical (unpaired) electrons. The zero-order valence-corrected chi connectivity index (χ0v) is 15.5. The van der Waals surface area contributed by atoms with Crippen LogP contribution in [-0.2, 0) is 22.6 Å². The van der Waals surface area contributed by atoms with Crippen LogP contribution in [0, 0.1) is 6.92 Å². The van der Waals surface area contributed by atoms with Crippen molar-refractivity contribution in [2.75, 3.05) is 6.54 Å². The smallest absolute Gasteiger partial charge is 0.247 e. The molecule has 1 atom stereocenters. The second-order valence-electron chi connectivity index (χ2n) is 6.92. The molecule has 0 spiro atoms. The lowest BCUT2D eigenvalue weighted by atomic mass is 9.91. The maximum atomic E-state index is 13.0. The Balaban J connectivity index is 1.81. The maximum Gasteiger partial charge on any atom is 0.247 e. The van der Waals surface area contributed by atoms with E-state index in [0.29, 0.717) is 19.5 Å². The molecule has 4 nitrogen and oxygen atoms in total. The minimum atomic E-state index is -0.538. The van der Waals surface area contributed by atoms with E-state index in [1.807, 2.05) is 55.5 Å². The van der Waals surface area contributed by atoms with Crippen LogP contribution < -0.4 is 5.32 Å². The molecule has 2 amide bonds. The highest BCUT2D eigenvalue weighted by atomic mass is 16.2. The number of carbonyl (C=O) groups is 2. The van der Waals surface area contributed by atoms with E-state index < -0.39 is 6.04 Å². The van der Waals surface area contributed by atoms with Gasteiger partial charge in [-0.2, -0.15) is 0 Å². The molecule has 0 aromatic heterocycles. The zero-order chi connectivity index (χ0) is 18.5. The number of rotatable bonds is 6. The average Bonchev–Trinajstić information content (AvgIpc) is 2.65. The van der Waals surface area contributed by atoms with Gasteiger partial charge in [0.2, 0.25) is 11.8 Å². The van der Waals surface area contributed by atoms with Crippen LogP contribution in [0.25, 0.3) is 0 Å². The van der Waals surface area contributed by atoms with E-state index in [1.54, 1.807) is 4.90 Å². The van der Waals surface area contributed by atoms with Crippen LogP contribution in [0.2, 0.25) is 0 Å². The lowest BCUT2D eigenvalue weighted by Crippen LogP contribution is -2.47. The maximum absolute atomic E-state index is 13.0. The number of carbonyl (C=O) groups excluding carboxylic acids is 2. The van der Waals surface area contributed by atoms with E-state index in [1.165, 1.54) is 5.56 Å². The minimum Gasteiger partial charge on any atom is -0.350 e. The molecule has 0 aliphatic carbocycles. The third-order valence-corrected chi connectivity index (χ3v) is 4.91. The molecular weight excluding hydrogens is 324 g/mol. The second-order valence-corrected chi connectivity index (χ2v) is 6.92. The van der Waals surface area contributed by atoms with E-state index in [-0.39, 0.29) is 11.8 Å². The highest BCUT2D eigenvalue weighted by molar-refractivity contribution is 5.92. The van der Waals surface area contributed by atoms with Gasteiger partial charge >= 0.3 is 0 Å². The Hall–Kier alpha value is -2.62. The van der Waals surface area contributed by atoms with Crippen LogP contribution in [0.1, 0.15) is 48.1 Å². The van der Waals surface area contributed by atoms with Crippen LogP contribution in [-0.4, -0.2) is 23.3 Å². The third kappa shape index (κ3) is 3.96. The van der Waals surface area contributed by atoms with Gasteiger partial charge in [0.25, 0.3) is 0 Å². The standard InChI is InChI=1S/C22H26N2O2/c1-3-4-13-24-20(25)14-18-7-5-6-8-19(18)21(24)22(26)23-15-17-11-9-16(2)10-12-17/h5-12,21H,3-4,13-15H2,1-2H3,(H,23,26)/t21-/m1/s1. The Bertz CT molecular complexity index is 783. The Morgan fingerprint density at radius 2 is 1.88 bits per heavy atom.